The minimum Gasteiger partial charge on any atom is -0.462 e. The Balaban J connectivity index is 4.25. The van der Waals surface area contributed by atoms with Crippen LogP contribution in [0.1, 0.15) is 290 Å². The number of hydrogen-bond donors (Lipinski definition) is 0. The van der Waals surface area contributed by atoms with E-state index in [2.05, 4.69) is 154 Å². The maximum atomic E-state index is 12.9. The molecule has 0 radical (unpaired) electrons. The molecule has 0 saturated carbocycles. The molecule has 0 aliphatic rings. The van der Waals surface area contributed by atoms with Crippen molar-refractivity contribution in [3.05, 3.63) is 134 Å². The number of hydrogen-bond acceptors (Lipinski definition) is 6. The molecular formula is C73H120O6. The van der Waals surface area contributed by atoms with Crippen LogP contribution in [0.5, 0.6) is 0 Å². The Hall–Kier alpha value is -4.45. The van der Waals surface area contributed by atoms with E-state index >= 15 is 0 Å². The van der Waals surface area contributed by atoms with Gasteiger partial charge in [0, 0.05) is 19.3 Å². The van der Waals surface area contributed by atoms with Crippen molar-refractivity contribution in [1.82, 2.24) is 0 Å². The number of esters is 3. The number of unbranched alkanes of at least 4 members (excludes halogenated alkanes) is 25. The third kappa shape index (κ3) is 64.3. The van der Waals surface area contributed by atoms with Crippen LogP contribution in [0.2, 0.25) is 0 Å². The van der Waals surface area contributed by atoms with Crippen LogP contribution in [-0.2, 0) is 28.6 Å². The lowest BCUT2D eigenvalue weighted by Crippen LogP contribution is -2.30. The highest BCUT2D eigenvalue weighted by Gasteiger charge is 2.19. The van der Waals surface area contributed by atoms with Crippen LogP contribution in [-0.4, -0.2) is 37.2 Å². The highest BCUT2D eigenvalue weighted by Crippen LogP contribution is 2.15. The van der Waals surface area contributed by atoms with Crippen LogP contribution in [0.25, 0.3) is 0 Å². The van der Waals surface area contributed by atoms with Gasteiger partial charge in [-0.05, 0) is 141 Å². The Morgan fingerprint density at radius 1 is 0.266 bits per heavy atom. The predicted octanol–water partition coefficient (Wildman–Crippen LogP) is 22.5. The average Bonchev–Trinajstić information content (AvgIpc) is 3.45. The zero-order chi connectivity index (χ0) is 57.1. The van der Waals surface area contributed by atoms with Gasteiger partial charge in [-0.15, -0.1) is 0 Å². The highest BCUT2D eigenvalue weighted by atomic mass is 16.6. The van der Waals surface area contributed by atoms with Crippen LogP contribution in [0, 0.1) is 0 Å². The van der Waals surface area contributed by atoms with Crippen LogP contribution >= 0.6 is 0 Å². The molecule has 0 bridgehead atoms. The van der Waals surface area contributed by atoms with Gasteiger partial charge >= 0.3 is 17.9 Å². The Kier molecular flexibility index (Phi) is 62.3. The molecule has 0 N–H and O–H groups in total. The lowest BCUT2D eigenvalue weighted by atomic mass is 10.1. The number of ether oxygens (including phenoxy) is 3. The first kappa shape index (κ1) is 74.5. The summed E-state index contributed by atoms with van der Waals surface area (Å²) in [6.45, 7) is 6.47. The first-order chi connectivity index (χ1) is 39.0. The summed E-state index contributed by atoms with van der Waals surface area (Å²) in [5.41, 5.74) is 0. The van der Waals surface area contributed by atoms with Gasteiger partial charge in [0.2, 0.25) is 0 Å². The molecule has 0 fully saturated rings. The van der Waals surface area contributed by atoms with Crippen molar-refractivity contribution in [2.45, 2.75) is 297 Å². The van der Waals surface area contributed by atoms with Gasteiger partial charge in [-0.3, -0.25) is 14.4 Å². The molecule has 448 valence electrons. The number of allylic oxidation sites excluding steroid dienone is 22. The normalized spacial score (nSPS) is 13.0. The van der Waals surface area contributed by atoms with Crippen molar-refractivity contribution in [3.8, 4) is 0 Å². The summed E-state index contributed by atoms with van der Waals surface area (Å²) in [4.78, 5) is 38.2. The smallest absolute Gasteiger partial charge is 0.306 e. The minimum absolute atomic E-state index is 0.0906. The molecule has 6 nitrogen and oxygen atoms in total. The fourth-order valence-electron chi connectivity index (χ4n) is 8.72. The Morgan fingerprint density at radius 2 is 0.494 bits per heavy atom. The monoisotopic (exact) mass is 1090 g/mol. The van der Waals surface area contributed by atoms with Crippen molar-refractivity contribution in [2.75, 3.05) is 13.2 Å². The van der Waals surface area contributed by atoms with E-state index < -0.39 is 6.10 Å². The first-order valence-electron chi connectivity index (χ1n) is 32.7. The van der Waals surface area contributed by atoms with E-state index in [0.29, 0.717) is 19.3 Å². The SMILES string of the molecule is CC/C=C\C/C=C\C/C=C\C/C=C\C/C=C\C/C=C\C/C=C\C/C=C\C/C=C\CCCCCCCCCC(=O)OCC(COC(=O)CCCCCCC/C=C\CCCCC)OC(=O)CCCCCCC/C=C\CCCCCCC. The molecule has 0 rings (SSSR count). The molecule has 0 aromatic heterocycles. The van der Waals surface area contributed by atoms with E-state index in [-0.39, 0.29) is 31.1 Å². The number of carbonyl (C=O) groups excluding carboxylic acids is 3. The predicted molar refractivity (Wildman–Crippen MR) is 343 cm³/mol. The fourth-order valence-corrected chi connectivity index (χ4v) is 8.72. The van der Waals surface area contributed by atoms with Gasteiger partial charge in [-0.2, -0.15) is 0 Å². The molecule has 0 aromatic rings. The summed E-state index contributed by atoms with van der Waals surface area (Å²) in [6, 6.07) is 0. The Bertz CT molecular complexity index is 1680. The van der Waals surface area contributed by atoms with E-state index in [4.69, 9.17) is 14.2 Å². The van der Waals surface area contributed by atoms with Crippen LogP contribution in [0.3, 0.4) is 0 Å². The molecule has 0 aromatic carbocycles. The standard InChI is InChI=1S/C73H120O6/c1-4-7-10-13-16-19-22-25-27-28-29-30-31-32-33-34-35-36-37-38-39-40-41-42-43-44-45-46-47-49-51-54-57-60-63-66-72(75)78-69-70(68-77-71(74)65-62-59-56-53-50-24-21-18-15-12-9-6-3)79-73(76)67-64-61-58-55-52-48-26-23-20-17-14-11-8-5-2/h7,10,16,18-19,21,23,25-27,29-30,32-33,35-36,38-39,41-42,44-45,70H,4-6,8-9,11-15,17,20,22,24,28,31,34,37,40,43,46-69H2,1-3H3/b10-7-,19-16-,21-18-,26-23-,27-25-,30-29-,33-32-,36-35-,39-38-,42-41-,45-44-. The van der Waals surface area contributed by atoms with E-state index in [1.807, 2.05) is 0 Å². The van der Waals surface area contributed by atoms with Crippen molar-refractivity contribution in [1.29, 1.82) is 0 Å². The molecule has 79 heavy (non-hydrogen) atoms. The molecule has 0 amide bonds. The second kappa shape index (κ2) is 66.1. The third-order valence-electron chi connectivity index (χ3n) is 13.6. The maximum absolute atomic E-state index is 12.9. The molecular weight excluding hydrogens is 973 g/mol. The first-order valence-corrected chi connectivity index (χ1v) is 32.7. The zero-order valence-electron chi connectivity index (χ0n) is 51.3. The Morgan fingerprint density at radius 3 is 0.810 bits per heavy atom. The van der Waals surface area contributed by atoms with Crippen LogP contribution < -0.4 is 0 Å². The lowest BCUT2D eigenvalue weighted by molar-refractivity contribution is -0.167. The van der Waals surface area contributed by atoms with Gasteiger partial charge < -0.3 is 14.2 Å². The summed E-state index contributed by atoms with van der Waals surface area (Å²) >= 11 is 0. The highest BCUT2D eigenvalue weighted by molar-refractivity contribution is 5.71. The topological polar surface area (TPSA) is 78.9 Å². The van der Waals surface area contributed by atoms with E-state index in [0.717, 1.165) is 141 Å². The zero-order valence-corrected chi connectivity index (χ0v) is 51.3. The van der Waals surface area contributed by atoms with E-state index in [1.165, 1.54) is 109 Å². The summed E-state index contributed by atoms with van der Waals surface area (Å²) < 4.78 is 16.9. The van der Waals surface area contributed by atoms with Crippen molar-refractivity contribution in [2.24, 2.45) is 0 Å². The lowest BCUT2D eigenvalue weighted by Gasteiger charge is -2.18. The van der Waals surface area contributed by atoms with E-state index in [9.17, 15) is 14.4 Å². The van der Waals surface area contributed by atoms with Gasteiger partial charge in [0.15, 0.2) is 6.10 Å². The maximum Gasteiger partial charge on any atom is 0.306 e. The van der Waals surface area contributed by atoms with Gasteiger partial charge in [0.25, 0.3) is 0 Å². The molecule has 6 heteroatoms. The number of carbonyl (C=O) groups is 3. The molecule has 1 atom stereocenters. The van der Waals surface area contributed by atoms with Gasteiger partial charge in [0.1, 0.15) is 13.2 Å². The summed E-state index contributed by atoms with van der Waals surface area (Å²) in [7, 11) is 0. The molecule has 0 aliphatic heterocycles. The molecule has 0 spiro atoms. The summed E-state index contributed by atoms with van der Waals surface area (Å²) in [5.74, 6) is -0.918. The molecule has 0 saturated heterocycles. The minimum atomic E-state index is -0.793. The molecule has 0 heterocycles. The van der Waals surface area contributed by atoms with Gasteiger partial charge in [-0.1, -0.05) is 264 Å². The van der Waals surface area contributed by atoms with Crippen molar-refractivity contribution in [3.63, 3.8) is 0 Å². The van der Waals surface area contributed by atoms with Gasteiger partial charge in [0.05, 0.1) is 0 Å². The van der Waals surface area contributed by atoms with Gasteiger partial charge in [-0.25, -0.2) is 0 Å². The second-order valence-electron chi connectivity index (χ2n) is 21.3. The quantitative estimate of drug-likeness (QED) is 0.0261. The van der Waals surface area contributed by atoms with Crippen molar-refractivity contribution >= 4 is 17.9 Å². The van der Waals surface area contributed by atoms with Crippen molar-refractivity contribution < 1.29 is 28.6 Å². The fraction of sp³-hybridized carbons (Fsp3) is 0.658. The average molecular weight is 1090 g/mol. The summed E-state index contributed by atoms with van der Waals surface area (Å²) in [6.07, 6.45) is 93.2. The van der Waals surface area contributed by atoms with Crippen LogP contribution in [0.4, 0.5) is 0 Å². The summed E-state index contributed by atoms with van der Waals surface area (Å²) in [5, 5.41) is 0. The molecule has 1 unspecified atom stereocenters. The third-order valence-corrected chi connectivity index (χ3v) is 13.6. The number of rotatable bonds is 58. The van der Waals surface area contributed by atoms with Crippen LogP contribution in [0.15, 0.2) is 134 Å². The largest absolute Gasteiger partial charge is 0.462 e. The molecule has 0 aliphatic carbocycles. The Labute approximate surface area is 487 Å². The second-order valence-corrected chi connectivity index (χ2v) is 21.3. The van der Waals surface area contributed by atoms with E-state index in [1.54, 1.807) is 0 Å².